The van der Waals surface area contributed by atoms with Crippen LogP contribution < -0.4 is 4.90 Å². The molecule has 0 saturated carbocycles. The normalized spacial score (nSPS) is 23.7. The van der Waals surface area contributed by atoms with Gasteiger partial charge in [-0.25, -0.2) is 0 Å². The zero-order chi connectivity index (χ0) is 13.1. The molecule has 2 rings (SSSR count). The second-order valence-corrected chi connectivity index (χ2v) is 5.13. The van der Waals surface area contributed by atoms with Crippen LogP contribution in [0.3, 0.4) is 0 Å². The molecule has 4 nitrogen and oxygen atoms in total. The molecular formula is C14H20N2O2. The zero-order valence-electron chi connectivity index (χ0n) is 10.9. The number of benzene rings is 1. The Morgan fingerprint density at radius 3 is 2.83 bits per heavy atom. The van der Waals surface area contributed by atoms with Gasteiger partial charge in [0.25, 0.3) is 0 Å². The van der Waals surface area contributed by atoms with Gasteiger partial charge in [0.2, 0.25) is 0 Å². The van der Waals surface area contributed by atoms with Crippen LogP contribution in [0.2, 0.25) is 0 Å². The maximum Gasteiger partial charge on any atom is 0.152 e. The number of aliphatic hydroxyl groups is 1. The van der Waals surface area contributed by atoms with Gasteiger partial charge >= 0.3 is 0 Å². The highest BCUT2D eigenvalue weighted by Crippen LogP contribution is 2.28. The molecule has 0 amide bonds. The van der Waals surface area contributed by atoms with Crippen LogP contribution in [-0.4, -0.2) is 55.6 Å². The Morgan fingerprint density at radius 1 is 1.44 bits per heavy atom. The smallest absolute Gasteiger partial charge is 0.152 e. The number of hydrogen-bond donors (Lipinski definition) is 1. The lowest BCUT2D eigenvalue weighted by atomic mass is 10.1. The summed E-state index contributed by atoms with van der Waals surface area (Å²) in [6.45, 7) is 1.48. The van der Waals surface area contributed by atoms with Gasteiger partial charge in [0.1, 0.15) is 0 Å². The third kappa shape index (κ3) is 2.71. The highest BCUT2D eigenvalue weighted by molar-refractivity contribution is 5.84. The Balaban J connectivity index is 2.26. The van der Waals surface area contributed by atoms with Gasteiger partial charge in [0.15, 0.2) is 6.29 Å². The van der Waals surface area contributed by atoms with Crippen molar-refractivity contribution < 1.29 is 9.90 Å². The van der Waals surface area contributed by atoms with E-state index in [1.165, 1.54) is 0 Å². The Kier molecular flexibility index (Phi) is 3.99. The van der Waals surface area contributed by atoms with Gasteiger partial charge in [-0.15, -0.1) is 0 Å². The molecule has 1 heterocycles. The summed E-state index contributed by atoms with van der Waals surface area (Å²) in [6, 6.07) is 7.82. The number of nitrogens with zero attached hydrogens (tertiary/aromatic N) is 2. The van der Waals surface area contributed by atoms with Crippen molar-refractivity contribution in [3.63, 3.8) is 0 Å². The lowest BCUT2D eigenvalue weighted by molar-refractivity contribution is 0.112. The van der Waals surface area contributed by atoms with E-state index in [1.54, 1.807) is 0 Å². The van der Waals surface area contributed by atoms with Gasteiger partial charge in [-0.2, -0.15) is 0 Å². The van der Waals surface area contributed by atoms with Crippen LogP contribution in [0, 0.1) is 0 Å². The molecule has 0 spiro atoms. The molecule has 18 heavy (non-hydrogen) atoms. The lowest BCUT2D eigenvalue weighted by Crippen LogP contribution is -2.38. The number of β-amino-alcohol motifs (C(OH)–C–C–N with tert-alkyl or cyclic N) is 1. The molecule has 1 aromatic rings. The van der Waals surface area contributed by atoms with E-state index >= 15 is 0 Å². The van der Waals surface area contributed by atoms with Crippen molar-refractivity contribution in [3.8, 4) is 0 Å². The average Bonchev–Trinajstić information content (AvgIpc) is 2.69. The number of likely N-dealkylation sites (N-methyl/N-ethyl adjacent to an activating group) is 1. The van der Waals surface area contributed by atoms with Crippen LogP contribution in [0.4, 0.5) is 5.69 Å². The summed E-state index contributed by atoms with van der Waals surface area (Å²) in [5.41, 5.74) is 1.62. The van der Waals surface area contributed by atoms with E-state index in [4.69, 9.17) is 0 Å². The largest absolute Gasteiger partial charge is 0.391 e. The van der Waals surface area contributed by atoms with E-state index in [9.17, 15) is 9.90 Å². The molecule has 0 radical (unpaired) electrons. The van der Waals surface area contributed by atoms with Gasteiger partial charge in [0, 0.05) is 30.4 Å². The predicted molar refractivity (Wildman–Crippen MR) is 72.1 cm³/mol. The standard InChI is InChI=1S/C14H20N2O2/c1-15(2)8-12-7-13(18)9-16(12)14-6-4-3-5-11(14)10-17/h3-6,10,12-13,18H,7-9H2,1-2H3. The van der Waals surface area contributed by atoms with Crippen molar-refractivity contribution in [1.29, 1.82) is 0 Å². The van der Waals surface area contributed by atoms with Crippen LogP contribution >= 0.6 is 0 Å². The zero-order valence-corrected chi connectivity index (χ0v) is 10.9. The first-order valence-electron chi connectivity index (χ1n) is 6.25. The molecule has 4 heteroatoms. The number of rotatable bonds is 4. The van der Waals surface area contributed by atoms with E-state index in [1.807, 2.05) is 38.4 Å². The van der Waals surface area contributed by atoms with E-state index in [0.717, 1.165) is 24.9 Å². The number of aldehydes is 1. The number of anilines is 1. The minimum absolute atomic E-state index is 0.260. The third-order valence-electron chi connectivity index (χ3n) is 3.34. The second-order valence-electron chi connectivity index (χ2n) is 5.13. The van der Waals surface area contributed by atoms with Gasteiger partial charge in [0.05, 0.1) is 6.10 Å². The summed E-state index contributed by atoms with van der Waals surface area (Å²) in [5.74, 6) is 0. The van der Waals surface area contributed by atoms with Crippen molar-refractivity contribution in [2.45, 2.75) is 18.6 Å². The van der Waals surface area contributed by atoms with Crippen LogP contribution in [-0.2, 0) is 0 Å². The molecule has 2 unspecified atom stereocenters. The summed E-state index contributed by atoms with van der Waals surface area (Å²) < 4.78 is 0. The molecule has 1 saturated heterocycles. The summed E-state index contributed by atoms with van der Waals surface area (Å²) in [5, 5.41) is 9.86. The average molecular weight is 248 g/mol. The molecule has 1 aliphatic heterocycles. The molecule has 2 atom stereocenters. The summed E-state index contributed by atoms with van der Waals surface area (Å²) >= 11 is 0. The van der Waals surface area contributed by atoms with Gasteiger partial charge in [-0.1, -0.05) is 12.1 Å². The molecule has 1 aromatic carbocycles. The van der Waals surface area contributed by atoms with Gasteiger partial charge < -0.3 is 14.9 Å². The van der Waals surface area contributed by atoms with Crippen LogP contribution in [0.25, 0.3) is 0 Å². The van der Waals surface area contributed by atoms with E-state index in [-0.39, 0.29) is 12.1 Å². The fraction of sp³-hybridized carbons (Fsp3) is 0.500. The van der Waals surface area contributed by atoms with Crippen LogP contribution in [0.15, 0.2) is 24.3 Å². The van der Waals surface area contributed by atoms with E-state index in [0.29, 0.717) is 12.1 Å². The topological polar surface area (TPSA) is 43.8 Å². The maximum atomic E-state index is 11.1. The predicted octanol–water partition coefficient (Wildman–Crippen LogP) is 1.00. The number of aliphatic hydroxyl groups excluding tert-OH is 1. The van der Waals surface area contributed by atoms with Gasteiger partial charge in [-0.05, 0) is 32.6 Å². The molecule has 98 valence electrons. The second kappa shape index (κ2) is 5.50. The summed E-state index contributed by atoms with van der Waals surface area (Å²) in [6.07, 6.45) is 1.33. The first-order valence-corrected chi connectivity index (χ1v) is 6.25. The van der Waals surface area contributed by atoms with E-state index < -0.39 is 0 Å². The van der Waals surface area contributed by atoms with Crippen molar-refractivity contribution in [1.82, 2.24) is 4.90 Å². The number of hydrogen-bond acceptors (Lipinski definition) is 4. The van der Waals surface area contributed by atoms with Gasteiger partial charge in [-0.3, -0.25) is 4.79 Å². The van der Waals surface area contributed by atoms with E-state index in [2.05, 4.69) is 9.80 Å². The number of carbonyl (C=O) groups is 1. The quantitative estimate of drug-likeness (QED) is 0.807. The molecular weight excluding hydrogens is 228 g/mol. The molecule has 1 aliphatic rings. The highest BCUT2D eigenvalue weighted by atomic mass is 16.3. The highest BCUT2D eigenvalue weighted by Gasteiger charge is 2.32. The molecule has 0 bridgehead atoms. The summed E-state index contributed by atoms with van der Waals surface area (Å²) in [4.78, 5) is 15.4. The number of carbonyl (C=O) groups excluding carboxylic acids is 1. The minimum Gasteiger partial charge on any atom is -0.391 e. The fourth-order valence-electron chi connectivity index (χ4n) is 2.63. The van der Waals surface area contributed by atoms with Crippen LogP contribution in [0.5, 0.6) is 0 Å². The number of para-hydroxylation sites is 1. The SMILES string of the molecule is CN(C)CC1CC(O)CN1c1ccccc1C=O. The first kappa shape index (κ1) is 13.1. The van der Waals surface area contributed by atoms with Crippen LogP contribution in [0.1, 0.15) is 16.8 Å². The fourth-order valence-corrected chi connectivity index (χ4v) is 2.63. The molecule has 0 aliphatic carbocycles. The molecule has 1 fully saturated rings. The molecule has 0 aromatic heterocycles. The van der Waals surface area contributed by atoms with Crippen molar-refractivity contribution in [3.05, 3.63) is 29.8 Å². The minimum atomic E-state index is -0.311. The summed E-state index contributed by atoms with van der Waals surface area (Å²) in [7, 11) is 4.04. The maximum absolute atomic E-state index is 11.1. The first-order chi connectivity index (χ1) is 8.61. The monoisotopic (exact) mass is 248 g/mol. The van der Waals surface area contributed by atoms with Crippen molar-refractivity contribution in [2.75, 3.05) is 32.1 Å². The Hall–Kier alpha value is -1.39. The Labute approximate surface area is 108 Å². The van der Waals surface area contributed by atoms with Crippen molar-refractivity contribution in [2.24, 2.45) is 0 Å². The molecule has 1 N–H and O–H groups in total. The lowest BCUT2D eigenvalue weighted by Gasteiger charge is -2.29. The third-order valence-corrected chi connectivity index (χ3v) is 3.34. The Morgan fingerprint density at radius 2 is 2.17 bits per heavy atom. The Bertz CT molecular complexity index is 420. The van der Waals surface area contributed by atoms with Crippen molar-refractivity contribution >= 4 is 12.0 Å².